The second-order valence-corrected chi connectivity index (χ2v) is 4.80. The fraction of sp³-hybridized carbons (Fsp3) is 0.235. The molecule has 0 radical (unpaired) electrons. The van der Waals surface area contributed by atoms with Crippen LogP contribution in [-0.2, 0) is 11.2 Å². The zero-order valence-electron chi connectivity index (χ0n) is 11.9. The molecule has 0 bridgehead atoms. The number of anilines is 1. The predicted molar refractivity (Wildman–Crippen MR) is 84.1 cm³/mol. The monoisotopic (exact) mass is 284 g/mol. The Morgan fingerprint density at radius 3 is 2.67 bits per heavy atom. The van der Waals surface area contributed by atoms with Crippen molar-refractivity contribution in [2.75, 3.05) is 18.9 Å². The van der Waals surface area contributed by atoms with Gasteiger partial charge in [0.1, 0.15) is 5.75 Å². The van der Waals surface area contributed by atoms with Crippen LogP contribution >= 0.6 is 0 Å². The number of nitrogens with one attached hydrogen (secondary N) is 1. The minimum atomic E-state index is -0.120. The van der Waals surface area contributed by atoms with Crippen LogP contribution in [0.2, 0.25) is 0 Å². The number of amides is 1. The lowest BCUT2D eigenvalue weighted by Crippen LogP contribution is -2.29. The number of carbonyl (C=O) groups excluding carboxylic acids is 1. The van der Waals surface area contributed by atoms with E-state index in [1.807, 2.05) is 18.2 Å². The number of ether oxygens (including phenoxy) is 1. The number of nitrogen functional groups attached to an aromatic ring is 1. The second-order valence-electron chi connectivity index (χ2n) is 4.80. The number of carbonyl (C=O) groups is 1. The molecule has 2 aromatic carbocycles. The normalized spacial score (nSPS) is 10.1. The van der Waals surface area contributed by atoms with Crippen molar-refractivity contribution in [3.63, 3.8) is 0 Å². The smallest absolute Gasteiger partial charge is 0.257 e. The molecule has 0 aliphatic rings. The van der Waals surface area contributed by atoms with Crippen LogP contribution < -0.4 is 15.8 Å². The lowest BCUT2D eigenvalue weighted by molar-refractivity contribution is -0.123. The first-order valence-corrected chi connectivity index (χ1v) is 7.03. The summed E-state index contributed by atoms with van der Waals surface area (Å²) in [5.41, 5.74) is 7.54. The summed E-state index contributed by atoms with van der Waals surface area (Å²) >= 11 is 0. The third-order valence-corrected chi connectivity index (χ3v) is 3.04. The van der Waals surface area contributed by atoms with Crippen molar-refractivity contribution in [1.29, 1.82) is 0 Å². The van der Waals surface area contributed by atoms with E-state index in [0.29, 0.717) is 18.0 Å². The molecule has 0 aliphatic heterocycles. The molecular weight excluding hydrogens is 264 g/mol. The summed E-state index contributed by atoms with van der Waals surface area (Å²) in [6.45, 7) is 0.656. The minimum absolute atomic E-state index is 0.00872. The number of rotatable bonds is 7. The highest BCUT2D eigenvalue weighted by Crippen LogP contribution is 2.13. The maximum Gasteiger partial charge on any atom is 0.257 e. The van der Waals surface area contributed by atoms with E-state index in [1.165, 1.54) is 5.56 Å². The summed E-state index contributed by atoms with van der Waals surface area (Å²) in [6.07, 6.45) is 1.87. The first kappa shape index (κ1) is 14.9. The van der Waals surface area contributed by atoms with Crippen LogP contribution in [0.1, 0.15) is 12.0 Å². The Labute approximate surface area is 124 Å². The summed E-state index contributed by atoms with van der Waals surface area (Å²) in [7, 11) is 0. The standard InChI is InChI=1S/C17H20N2O2/c18-15-9-4-10-16(12-15)21-13-17(20)19-11-5-8-14-6-2-1-3-7-14/h1-4,6-7,9-10,12H,5,8,11,13,18H2,(H,19,20). The van der Waals surface area contributed by atoms with Crippen LogP contribution in [0, 0.1) is 0 Å². The fourth-order valence-electron chi connectivity index (χ4n) is 1.97. The van der Waals surface area contributed by atoms with Gasteiger partial charge in [0.2, 0.25) is 0 Å². The van der Waals surface area contributed by atoms with E-state index in [2.05, 4.69) is 17.4 Å². The molecule has 4 heteroatoms. The highest BCUT2D eigenvalue weighted by molar-refractivity contribution is 5.77. The van der Waals surface area contributed by atoms with Gasteiger partial charge in [0, 0.05) is 18.3 Å². The summed E-state index contributed by atoms with van der Waals surface area (Å²) in [5.74, 6) is 0.486. The Bertz CT molecular complexity index is 570. The van der Waals surface area contributed by atoms with E-state index in [4.69, 9.17) is 10.5 Å². The Balaban J connectivity index is 1.62. The van der Waals surface area contributed by atoms with Crippen LogP contribution in [-0.4, -0.2) is 19.1 Å². The molecule has 0 unspecified atom stereocenters. The maximum atomic E-state index is 11.6. The van der Waals surface area contributed by atoms with Gasteiger partial charge >= 0.3 is 0 Å². The van der Waals surface area contributed by atoms with Crippen molar-refractivity contribution in [3.05, 3.63) is 60.2 Å². The average molecular weight is 284 g/mol. The average Bonchev–Trinajstić information content (AvgIpc) is 2.51. The first-order valence-electron chi connectivity index (χ1n) is 7.03. The molecule has 0 saturated carbocycles. The van der Waals surface area contributed by atoms with Gasteiger partial charge < -0.3 is 15.8 Å². The Morgan fingerprint density at radius 2 is 1.90 bits per heavy atom. The zero-order chi connectivity index (χ0) is 14.9. The number of hydrogen-bond donors (Lipinski definition) is 2. The molecule has 0 heterocycles. The zero-order valence-corrected chi connectivity index (χ0v) is 11.9. The second kappa shape index (κ2) is 7.94. The maximum absolute atomic E-state index is 11.6. The van der Waals surface area contributed by atoms with Gasteiger partial charge in [-0.05, 0) is 30.5 Å². The lowest BCUT2D eigenvalue weighted by Gasteiger charge is -2.08. The van der Waals surface area contributed by atoms with E-state index in [1.54, 1.807) is 24.3 Å². The number of aryl methyl sites for hydroxylation is 1. The van der Waals surface area contributed by atoms with Crippen molar-refractivity contribution in [3.8, 4) is 5.75 Å². The number of nitrogens with two attached hydrogens (primary N) is 1. The molecular formula is C17H20N2O2. The lowest BCUT2D eigenvalue weighted by atomic mass is 10.1. The molecule has 110 valence electrons. The quantitative estimate of drug-likeness (QED) is 0.606. The molecule has 0 aliphatic carbocycles. The highest BCUT2D eigenvalue weighted by atomic mass is 16.5. The summed E-state index contributed by atoms with van der Waals surface area (Å²) in [4.78, 5) is 11.6. The van der Waals surface area contributed by atoms with E-state index < -0.39 is 0 Å². The van der Waals surface area contributed by atoms with E-state index >= 15 is 0 Å². The van der Waals surface area contributed by atoms with Crippen molar-refractivity contribution < 1.29 is 9.53 Å². The fourth-order valence-corrected chi connectivity index (χ4v) is 1.97. The van der Waals surface area contributed by atoms with E-state index in [-0.39, 0.29) is 12.5 Å². The van der Waals surface area contributed by atoms with Gasteiger partial charge in [0.05, 0.1) is 0 Å². The van der Waals surface area contributed by atoms with Gasteiger partial charge in [-0.3, -0.25) is 4.79 Å². The Morgan fingerprint density at radius 1 is 1.10 bits per heavy atom. The van der Waals surface area contributed by atoms with Crippen LogP contribution in [0.5, 0.6) is 5.75 Å². The molecule has 0 atom stereocenters. The topological polar surface area (TPSA) is 64.3 Å². The third-order valence-electron chi connectivity index (χ3n) is 3.04. The van der Waals surface area contributed by atoms with Gasteiger partial charge in [-0.2, -0.15) is 0 Å². The minimum Gasteiger partial charge on any atom is -0.484 e. The Hall–Kier alpha value is -2.49. The molecule has 2 aromatic rings. The molecule has 2 rings (SSSR count). The van der Waals surface area contributed by atoms with Crippen LogP contribution in [0.15, 0.2) is 54.6 Å². The summed E-state index contributed by atoms with van der Waals surface area (Å²) in [6, 6.07) is 17.3. The molecule has 0 fully saturated rings. The van der Waals surface area contributed by atoms with Crippen LogP contribution in [0.4, 0.5) is 5.69 Å². The van der Waals surface area contributed by atoms with Gasteiger partial charge in [0.15, 0.2) is 6.61 Å². The third kappa shape index (κ3) is 5.57. The highest BCUT2D eigenvalue weighted by Gasteiger charge is 2.02. The number of benzene rings is 2. The van der Waals surface area contributed by atoms with Gasteiger partial charge in [0.25, 0.3) is 5.91 Å². The van der Waals surface area contributed by atoms with Crippen molar-refractivity contribution in [1.82, 2.24) is 5.32 Å². The Kier molecular flexibility index (Phi) is 5.64. The SMILES string of the molecule is Nc1cccc(OCC(=O)NCCCc2ccccc2)c1. The van der Waals surface area contributed by atoms with Crippen molar-refractivity contribution in [2.24, 2.45) is 0 Å². The van der Waals surface area contributed by atoms with Gasteiger partial charge in [-0.1, -0.05) is 36.4 Å². The van der Waals surface area contributed by atoms with Crippen molar-refractivity contribution >= 4 is 11.6 Å². The molecule has 0 aromatic heterocycles. The summed E-state index contributed by atoms with van der Waals surface area (Å²) < 4.78 is 5.37. The number of hydrogen-bond acceptors (Lipinski definition) is 3. The molecule has 1 amide bonds. The molecule has 21 heavy (non-hydrogen) atoms. The molecule has 0 spiro atoms. The van der Waals surface area contributed by atoms with Crippen molar-refractivity contribution in [2.45, 2.75) is 12.8 Å². The summed E-state index contributed by atoms with van der Waals surface area (Å²) in [5, 5.41) is 2.84. The predicted octanol–water partition coefficient (Wildman–Crippen LogP) is 2.40. The van der Waals surface area contributed by atoms with E-state index in [0.717, 1.165) is 12.8 Å². The van der Waals surface area contributed by atoms with Gasteiger partial charge in [-0.25, -0.2) is 0 Å². The molecule has 4 nitrogen and oxygen atoms in total. The van der Waals surface area contributed by atoms with Gasteiger partial charge in [-0.15, -0.1) is 0 Å². The molecule has 0 saturated heterocycles. The van der Waals surface area contributed by atoms with Crippen LogP contribution in [0.3, 0.4) is 0 Å². The molecule has 3 N–H and O–H groups in total. The van der Waals surface area contributed by atoms with E-state index in [9.17, 15) is 4.79 Å². The first-order chi connectivity index (χ1) is 10.2. The largest absolute Gasteiger partial charge is 0.484 e. The van der Waals surface area contributed by atoms with Crippen LogP contribution in [0.25, 0.3) is 0 Å².